The molecule has 0 spiro atoms. The Bertz CT molecular complexity index is 466. The molecular formula is C9H12F3N5O2. The van der Waals surface area contributed by atoms with Gasteiger partial charge in [-0.05, 0) is 0 Å². The smallest absolute Gasteiger partial charge is 0.359 e. The van der Waals surface area contributed by atoms with Crippen molar-refractivity contribution in [2.75, 3.05) is 23.9 Å². The fourth-order valence-electron chi connectivity index (χ4n) is 1.29. The van der Waals surface area contributed by atoms with Crippen LogP contribution in [0.1, 0.15) is 6.42 Å². The van der Waals surface area contributed by atoms with Crippen molar-refractivity contribution in [3.8, 4) is 0 Å². The molecular weight excluding hydrogens is 267 g/mol. The third-order valence-corrected chi connectivity index (χ3v) is 2.28. The fourth-order valence-corrected chi connectivity index (χ4v) is 1.29. The molecule has 3 N–H and O–H groups in total. The number of pyridine rings is 1. The minimum absolute atomic E-state index is 0.00283. The van der Waals surface area contributed by atoms with Gasteiger partial charge in [0.1, 0.15) is 11.6 Å². The van der Waals surface area contributed by atoms with E-state index in [1.807, 2.05) is 0 Å². The Hall–Kier alpha value is -2.10. The fraction of sp³-hybridized carbons (Fsp3) is 0.444. The van der Waals surface area contributed by atoms with Gasteiger partial charge in [0.15, 0.2) is 0 Å². The number of hydrazine groups is 1. The van der Waals surface area contributed by atoms with Gasteiger partial charge in [0.25, 0.3) is 5.69 Å². The van der Waals surface area contributed by atoms with Gasteiger partial charge in [-0.25, -0.2) is 10.8 Å². The van der Waals surface area contributed by atoms with Crippen molar-refractivity contribution in [1.29, 1.82) is 0 Å². The van der Waals surface area contributed by atoms with Gasteiger partial charge in [-0.15, -0.1) is 0 Å². The summed E-state index contributed by atoms with van der Waals surface area (Å²) in [6.45, 7) is -0.359. The molecule has 0 aliphatic rings. The molecule has 10 heteroatoms. The number of halogens is 3. The number of nitrogens with two attached hydrogens (primary N) is 1. The summed E-state index contributed by atoms with van der Waals surface area (Å²) >= 11 is 0. The predicted molar refractivity (Wildman–Crippen MR) is 62.6 cm³/mol. The molecule has 1 aromatic rings. The maximum absolute atomic E-state index is 12.1. The summed E-state index contributed by atoms with van der Waals surface area (Å²) in [5.74, 6) is 5.13. The van der Waals surface area contributed by atoms with E-state index < -0.39 is 17.5 Å². The van der Waals surface area contributed by atoms with E-state index >= 15 is 0 Å². The molecule has 106 valence electrons. The van der Waals surface area contributed by atoms with Crippen LogP contribution in [-0.4, -0.2) is 29.7 Å². The number of nitrogen functional groups attached to an aromatic ring is 1. The summed E-state index contributed by atoms with van der Waals surface area (Å²) in [5.41, 5.74) is 1.82. The lowest BCUT2D eigenvalue weighted by Crippen LogP contribution is -2.25. The summed E-state index contributed by atoms with van der Waals surface area (Å²) in [6, 6.07) is 2.16. The van der Waals surface area contributed by atoms with Crippen molar-refractivity contribution in [1.82, 2.24) is 4.98 Å². The lowest BCUT2D eigenvalue weighted by atomic mass is 10.3. The summed E-state index contributed by atoms with van der Waals surface area (Å²) in [4.78, 5) is 15.0. The normalized spacial score (nSPS) is 11.2. The van der Waals surface area contributed by atoms with E-state index in [4.69, 9.17) is 5.84 Å². The van der Waals surface area contributed by atoms with E-state index in [0.29, 0.717) is 0 Å². The molecule has 0 unspecified atom stereocenters. The number of alkyl halides is 3. The quantitative estimate of drug-likeness (QED) is 0.483. The Morgan fingerprint density at radius 2 is 2.16 bits per heavy atom. The van der Waals surface area contributed by atoms with Crippen molar-refractivity contribution in [2.24, 2.45) is 5.84 Å². The van der Waals surface area contributed by atoms with Crippen LogP contribution in [0.2, 0.25) is 0 Å². The number of nitrogens with zero attached hydrogens (tertiary/aromatic N) is 3. The highest BCUT2D eigenvalue weighted by molar-refractivity contribution is 5.55. The number of anilines is 2. The van der Waals surface area contributed by atoms with Gasteiger partial charge in [-0.2, -0.15) is 13.2 Å². The average Bonchev–Trinajstić information content (AvgIpc) is 2.34. The Labute approximate surface area is 106 Å². The van der Waals surface area contributed by atoms with Crippen LogP contribution in [0.3, 0.4) is 0 Å². The summed E-state index contributed by atoms with van der Waals surface area (Å²) in [7, 11) is 1.36. The van der Waals surface area contributed by atoms with Crippen molar-refractivity contribution in [3.05, 3.63) is 22.2 Å². The Morgan fingerprint density at radius 3 is 2.63 bits per heavy atom. The number of hydrogen-bond donors (Lipinski definition) is 2. The lowest BCUT2D eigenvalue weighted by molar-refractivity contribution is -0.384. The first-order chi connectivity index (χ1) is 8.73. The molecule has 0 fully saturated rings. The molecule has 0 amide bonds. The zero-order valence-corrected chi connectivity index (χ0v) is 9.94. The number of hydrogen-bond acceptors (Lipinski definition) is 6. The van der Waals surface area contributed by atoms with Gasteiger partial charge in [0.2, 0.25) is 0 Å². The van der Waals surface area contributed by atoms with Crippen LogP contribution in [0, 0.1) is 10.1 Å². The van der Waals surface area contributed by atoms with Crippen LogP contribution in [0.15, 0.2) is 12.1 Å². The molecule has 0 aliphatic heterocycles. The molecule has 19 heavy (non-hydrogen) atoms. The Kier molecular flexibility index (Phi) is 4.48. The monoisotopic (exact) mass is 279 g/mol. The first-order valence-corrected chi connectivity index (χ1v) is 5.14. The Morgan fingerprint density at radius 1 is 1.53 bits per heavy atom. The number of rotatable bonds is 5. The largest absolute Gasteiger partial charge is 0.390 e. The van der Waals surface area contributed by atoms with Crippen molar-refractivity contribution in [3.63, 3.8) is 0 Å². The minimum Gasteiger partial charge on any atom is -0.359 e. The second kappa shape index (κ2) is 5.69. The van der Waals surface area contributed by atoms with Crippen LogP contribution >= 0.6 is 0 Å². The van der Waals surface area contributed by atoms with Crippen LogP contribution in [0.25, 0.3) is 0 Å². The van der Waals surface area contributed by atoms with Crippen LogP contribution < -0.4 is 16.2 Å². The van der Waals surface area contributed by atoms with E-state index in [9.17, 15) is 23.3 Å². The molecule has 0 aromatic carbocycles. The molecule has 7 nitrogen and oxygen atoms in total. The maximum Gasteiger partial charge on any atom is 0.390 e. The average molecular weight is 279 g/mol. The highest BCUT2D eigenvalue weighted by Gasteiger charge is 2.27. The molecule has 1 rings (SSSR count). The van der Waals surface area contributed by atoms with Crippen LogP contribution in [-0.2, 0) is 0 Å². The van der Waals surface area contributed by atoms with Gasteiger partial charge in [0.05, 0.1) is 23.5 Å². The molecule has 0 saturated carbocycles. The Balaban J connectivity index is 2.92. The van der Waals surface area contributed by atoms with E-state index in [1.165, 1.54) is 11.9 Å². The number of nitro groups is 1. The summed E-state index contributed by atoms with van der Waals surface area (Å²) in [6.07, 6.45) is -5.34. The minimum atomic E-state index is -4.30. The molecule has 0 atom stereocenters. The molecule has 0 aliphatic carbocycles. The maximum atomic E-state index is 12.1. The zero-order valence-electron chi connectivity index (χ0n) is 9.94. The third-order valence-electron chi connectivity index (χ3n) is 2.28. The lowest BCUT2D eigenvalue weighted by Gasteiger charge is -2.19. The first kappa shape index (κ1) is 15.0. The highest BCUT2D eigenvalue weighted by Crippen LogP contribution is 2.24. The highest BCUT2D eigenvalue weighted by atomic mass is 19.4. The predicted octanol–water partition coefficient (Wildman–Crippen LogP) is 1.66. The van der Waals surface area contributed by atoms with E-state index in [2.05, 4.69) is 10.4 Å². The van der Waals surface area contributed by atoms with Crippen molar-refractivity contribution in [2.45, 2.75) is 12.6 Å². The first-order valence-electron chi connectivity index (χ1n) is 5.14. The second-order valence-corrected chi connectivity index (χ2v) is 3.76. The van der Waals surface area contributed by atoms with E-state index in [-0.39, 0.29) is 23.9 Å². The molecule has 1 aromatic heterocycles. The summed E-state index contributed by atoms with van der Waals surface area (Å²) < 4.78 is 36.3. The van der Waals surface area contributed by atoms with Gasteiger partial charge < -0.3 is 10.3 Å². The van der Waals surface area contributed by atoms with Gasteiger partial charge in [-0.1, -0.05) is 0 Å². The SMILES string of the molecule is CN(CCC(F)(F)F)c1cc([N+](=O)[O-])cc(NN)n1. The topological polar surface area (TPSA) is 97.3 Å². The standard InChI is InChI=1S/C9H12F3N5O2/c1-16(3-2-9(10,11)12)8-5-6(17(18)19)4-7(14-8)15-13/h4-5H,2-3,13H2,1H3,(H,14,15). The molecule has 0 radical (unpaired) electrons. The van der Waals surface area contributed by atoms with E-state index in [0.717, 1.165) is 12.1 Å². The van der Waals surface area contributed by atoms with Gasteiger partial charge in [0, 0.05) is 13.6 Å². The second-order valence-electron chi connectivity index (χ2n) is 3.76. The molecule has 0 saturated heterocycles. The van der Waals surface area contributed by atoms with Gasteiger partial charge in [-0.3, -0.25) is 10.1 Å². The van der Waals surface area contributed by atoms with E-state index in [1.54, 1.807) is 0 Å². The third kappa shape index (κ3) is 4.58. The van der Waals surface area contributed by atoms with Crippen molar-refractivity contribution < 1.29 is 18.1 Å². The molecule has 0 bridgehead atoms. The molecule has 1 heterocycles. The van der Waals surface area contributed by atoms with Crippen LogP contribution in [0.5, 0.6) is 0 Å². The number of nitrogens with one attached hydrogen (secondary N) is 1. The van der Waals surface area contributed by atoms with Crippen LogP contribution in [0.4, 0.5) is 30.5 Å². The summed E-state index contributed by atoms with van der Waals surface area (Å²) in [5, 5.41) is 10.7. The number of aromatic nitrogens is 1. The van der Waals surface area contributed by atoms with Crippen molar-refractivity contribution >= 4 is 17.3 Å². The van der Waals surface area contributed by atoms with Gasteiger partial charge >= 0.3 is 6.18 Å². The zero-order chi connectivity index (χ0) is 14.6.